The molecule has 3 rings (SSSR count). The van der Waals surface area contributed by atoms with E-state index >= 15 is 0 Å². The molecule has 192 valence electrons. The van der Waals surface area contributed by atoms with E-state index in [0.29, 0.717) is 5.75 Å². The number of ether oxygens (including phenoxy) is 1. The smallest absolute Gasteiger partial charge is 0.314 e. The third-order valence-corrected chi connectivity index (χ3v) is 6.72. The molecule has 1 unspecified atom stereocenters. The summed E-state index contributed by atoms with van der Waals surface area (Å²) in [6.45, 7) is 6.32. The van der Waals surface area contributed by atoms with Crippen LogP contribution in [0.2, 0.25) is 0 Å². The lowest BCUT2D eigenvalue weighted by Crippen LogP contribution is -2.17. The second kappa shape index (κ2) is 15.2. The average Bonchev–Trinajstić information content (AvgIpc) is 2.92. The number of nitrogens with zero attached hydrogens (tertiary/aromatic N) is 2. The third-order valence-electron chi connectivity index (χ3n) is 6.72. The van der Waals surface area contributed by atoms with Crippen LogP contribution in [0.4, 0.5) is 0 Å². The van der Waals surface area contributed by atoms with Crippen LogP contribution in [-0.4, -0.2) is 15.9 Å². The van der Waals surface area contributed by atoms with Crippen LogP contribution in [0, 0.1) is 5.92 Å². The molecule has 0 amide bonds. The minimum absolute atomic E-state index is 0.0752. The highest BCUT2D eigenvalue weighted by Gasteiger charge is 2.14. The van der Waals surface area contributed by atoms with Gasteiger partial charge in [-0.15, -0.1) is 0 Å². The van der Waals surface area contributed by atoms with Crippen LogP contribution >= 0.6 is 0 Å². The van der Waals surface area contributed by atoms with Gasteiger partial charge >= 0.3 is 5.97 Å². The molecule has 0 spiro atoms. The summed E-state index contributed by atoms with van der Waals surface area (Å²) in [6.07, 6.45) is 17.2. The molecule has 4 heteroatoms. The Bertz CT molecular complexity index is 1030. The van der Waals surface area contributed by atoms with Gasteiger partial charge in [0.1, 0.15) is 5.75 Å². The van der Waals surface area contributed by atoms with Crippen LogP contribution in [-0.2, 0) is 11.2 Å². The van der Waals surface area contributed by atoms with Gasteiger partial charge in [-0.2, -0.15) is 0 Å². The monoisotopic (exact) mass is 486 g/mol. The minimum atomic E-state index is -0.158. The Morgan fingerprint density at radius 1 is 0.722 bits per heavy atom. The lowest BCUT2D eigenvalue weighted by Gasteiger charge is -2.11. The van der Waals surface area contributed by atoms with Crippen LogP contribution in [0.3, 0.4) is 0 Å². The number of esters is 1. The second-order valence-corrected chi connectivity index (χ2v) is 9.85. The van der Waals surface area contributed by atoms with Crippen molar-refractivity contribution in [3.8, 4) is 28.3 Å². The normalized spacial score (nSPS) is 11.9. The largest absolute Gasteiger partial charge is 0.426 e. The molecule has 0 fully saturated rings. The zero-order valence-corrected chi connectivity index (χ0v) is 22.3. The summed E-state index contributed by atoms with van der Waals surface area (Å²) in [5.41, 5.74) is 4.40. The first-order valence-corrected chi connectivity index (χ1v) is 13.8. The summed E-state index contributed by atoms with van der Waals surface area (Å²) in [5, 5.41) is 0. The van der Waals surface area contributed by atoms with Crippen LogP contribution in [0.5, 0.6) is 5.75 Å². The number of hydrogen-bond acceptors (Lipinski definition) is 4. The molecule has 36 heavy (non-hydrogen) atoms. The molecular weight excluding hydrogens is 444 g/mol. The van der Waals surface area contributed by atoms with E-state index < -0.39 is 0 Å². The van der Waals surface area contributed by atoms with Crippen molar-refractivity contribution >= 4 is 5.97 Å². The Hall–Kier alpha value is -3.01. The number of rotatable bonds is 15. The van der Waals surface area contributed by atoms with Gasteiger partial charge in [0, 0.05) is 18.0 Å². The molecule has 2 aromatic carbocycles. The number of aromatic nitrogens is 2. The van der Waals surface area contributed by atoms with Crippen molar-refractivity contribution in [3.63, 3.8) is 0 Å². The fourth-order valence-corrected chi connectivity index (χ4v) is 4.29. The highest BCUT2D eigenvalue weighted by atomic mass is 16.5. The van der Waals surface area contributed by atoms with E-state index in [-0.39, 0.29) is 11.9 Å². The maximum Gasteiger partial charge on any atom is 0.314 e. The summed E-state index contributed by atoms with van der Waals surface area (Å²) in [4.78, 5) is 21.4. The summed E-state index contributed by atoms with van der Waals surface area (Å²) >= 11 is 0. The number of benzene rings is 2. The molecule has 0 aliphatic rings. The molecule has 1 heterocycles. The topological polar surface area (TPSA) is 52.1 Å². The van der Waals surface area contributed by atoms with Crippen LogP contribution in [0.1, 0.15) is 90.5 Å². The highest BCUT2D eigenvalue weighted by molar-refractivity contribution is 5.75. The van der Waals surface area contributed by atoms with E-state index in [1.165, 1.54) is 50.5 Å². The first kappa shape index (κ1) is 27.6. The third kappa shape index (κ3) is 8.89. The number of aryl methyl sites for hydroxylation is 1. The number of carbonyl (C=O) groups excluding carboxylic acids is 1. The van der Waals surface area contributed by atoms with Gasteiger partial charge in [-0.25, -0.2) is 9.97 Å². The van der Waals surface area contributed by atoms with E-state index in [1.807, 2.05) is 43.6 Å². The SMILES string of the molecule is CCCCCCCCCc1cnc(-c2ccc(-c3ccc(OC(=O)C(C)CCCC)cc3)cc2)nc1. The fourth-order valence-electron chi connectivity index (χ4n) is 4.29. The molecular formula is C32H42N2O2. The van der Waals surface area contributed by atoms with Crippen LogP contribution in [0.25, 0.3) is 22.5 Å². The summed E-state index contributed by atoms with van der Waals surface area (Å²) < 4.78 is 5.55. The maximum atomic E-state index is 12.2. The Kier molecular flexibility index (Phi) is 11.6. The maximum absolute atomic E-state index is 12.2. The Labute approximate surface area is 217 Å². The van der Waals surface area contributed by atoms with Crippen LogP contribution in [0.15, 0.2) is 60.9 Å². The van der Waals surface area contributed by atoms with Gasteiger partial charge in [0.15, 0.2) is 5.82 Å². The van der Waals surface area contributed by atoms with Gasteiger partial charge in [0.25, 0.3) is 0 Å². The molecule has 1 atom stereocenters. The molecule has 0 radical (unpaired) electrons. The Balaban J connectivity index is 1.50. The van der Waals surface area contributed by atoms with Gasteiger partial charge in [-0.1, -0.05) is 109 Å². The highest BCUT2D eigenvalue weighted by Crippen LogP contribution is 2.26. The Morgan fingerprint density at radius 2 is 1.25 bits per heavy atom. The molecule has 0 N–H and O–H groups in total. The lowest BCUT2D eigenvalue weighted by molar-refractivity contribution is -0.138. The van der Waals surface area contributed by atoms with Gasteiger partial charge in [-0.05, 0) is 48.1 Å². The predicted octanol–water partition coefficient (Wildman–Crippen LogP) is 8.84. The molecule has 1 aromatic heterocycles. The number of carbonyl (C=O) groups is 1. The summed E-state index contributed by atoms with van der Waals surface area (Å²) in [6, 6.07) is 16.0. The van der Waals surface area contributed by atoms with Gasteiger partial charge in [-0.3, -0.25) is 4.79 Å². The molecule has 0 bridgehead atoms. The van der Waals surface area contributed by atoms with E-state index in [9.17, 15) is 4.79 Å². The van der Waals surface area contributed by atoms with Crippen molar-refractivity contribution in [2.24, 2.45) is 5.92 Å². The molecule has 3 aromatic rings. The number of hydrogen-bond donors (Lipinski definition) is 0. The van der Waals surface area contributed by atoms with Gasteiger partial charge in [0.2, 0.25) is 0 Å². The quantitative estimate of drug-likeness (QED) is 0.122. The van der Waals surface area contributed by atoms with Crippen molar-refractivity contribution in [3.05, 3.63) is 66.5 Å². The molecule has 4 nitrogen and oxygen atoms in total. The van der Waals surface area contributed by atoms with E-state index in [2.05, 4.69) is 48.1 Å². The number of unbranched alkanes of at least 4 members (excludes halogenated alkanes) is 7. The zero-order valence-electron chi connectivity index (χ0n) is 22.3. The second-order valence-electron chi connectivity index (χ2n) is 9.85. The summed E-state index contributed by atoms with van der Waals surface area (Å²) in [5.74, 6) is 1.11. The first-order chi connectivity index (χ1) is 17.6. The van der Waals surface area contributed by atoms with Crippen LogP contribution < -0.4 is 4.74 Å². The zero-order chi connectivity index (χ0) is 25.6. The van der Waals surface area contributed by atoms with Crippen molar-refractivity contribution in [1.82, 2.24) is 9.97 Å². The van der Waals surface area contributed by atoms with E-state index in [1.54, 1.807) is 0 Å². The van der Waals surface area contributed by atoms with Crippen molar-refractivity contribution in [2.45, 2.75) is 91.4 Å². The summed E-state index contributed by atoms with van der Waals surface area (Å²) in [7, 11) is 0. The minimum Gasteiger partial charge on any atom is -0.426 e. The van der Waals surface area contributed by atoms with Gasteiger partial charge < -0.3 is 4.74 Å². The van der Waals surface area contributed by atoms with Gasteiger partial charge in [0.05, 0.1) is 5.92 Å². The average molecular weight is 487 g/mol. The van der Waals surface area contributed by atoms with Crippen molar-refractivity contribution in [2.75, 3.05) is 0 Å². The molecule has 0 aliphatic carbocycles. The van der Waals surface area contributed by atoms with E-state index in [0.717, 1.165) is 48.2 Å². The fraction of sp³-hybridized carbons (Fsp3) is 0.469. The van der Waals surface area contributed by atoms with Crippen molar-refractivity contribution in [1.29, 1.82) is 0 Å². The standard InChI is InChI=1S/C32H42N2O2/c1-4-6-8-9-10-11-12-14-26-23-33-31(34-24-26)29-17-15-27(16-18-29)28-19-21-30(22-20-28)36-32(35)25(3)13-7-5-2/h15-25H,4-14H2,1-3H3. The molecule has 0 aliphatic heterocycles. The predicted molar refractivity (Wildman–Crippen MR) is 149 cm³/mol. The van der Waals surface area contributed by atoms with Crippen molar-refractivity contribution < 1.29 is 9.53 Å². The lowest BCUT2D eigenvalue weighted by atomic mass is 10.0. The Morgan fingerprint density at radius 3 is 1.86 bits per heavy atom. The molecule has 0 saturated heterocycles. The van der Waals surface area contributed by atoms with E-state index in [4.69, 9.17) is 4.74 Å². The molecule has 0 saturated carbocycles. The first-order valence-electron chi connectivity index (χ1n) is 13.8.